The molecule has 0 aliphatic heterocycles. The summed E-state index contributed by atoms with van der Waals surface area (Å²) < 4.78 is 0. The van der Waals surface area contributed by atoms with Gasteiger partial charge in [-0.1, -0.05) is 37.3 Å². The lowest BCUT2D eigenvalue weighted by Gasteiger charge is -2.17. The van der Waals surface area contributed by atoms with Crippen LogP contribution in [0, 0.1) is 0 Å². The zero-order valence-electron chi connectivity index (χ0n) is 10.6. The molecule has 5 heteroatoms. The van der Waals surface area contributed by atoms with Crippen LogP contribution in [-0.2, 0) is 4.79 Å². The van der Waals surface area contributed by atoms with E-state index in [1.54, 1.807) is 6.92 Å². The fourth-order valence-electron chi connectivity index (χ4n) is 1.58. The van der Waals surface area contributed by atoms with Gasteiger partial charge in [0.15, 0.2) is 0 Å². The third-order valence-corrected chi connectivity index (χ3v) is 2.74. The Labute approximate surface area is 107 Å². The van der Waals surface area contributed by atoms with Crippen LogP contribution in [0.1, 0.15) is 25.3 Å². The SMILES string of the molecule is CC(NCC(C)c1ccccc1)C(=O)NC(N)=O. The average molecular weight is 249 g/mol. The second-order valence-corrected chi connectivity index (χ2v) is 4.30. The number of urea groups is 1. The third-order valence-electron chi connectivity index (χ3n) is 2.74. The van der Waals surface area contributed by atoms with Crippen LogP contribution in [0.5, 0.6) is 0 Å². The topological polar surface area (TPSA) is 84.2 Å². The van der Waals surface area contributed by atoms with Gasteiger partial charge in [0, 0.05) is 6.54 Å². The minimum atomic E-state index is -0.829. The van der Waals surface area contributed by atoms with E-state index >= 15 is 0 Å². The summed E-state index contributed by atoms with van der Waals surface area (Å²) in [6.45, 7) is 4.41. The van der Waals surface area contributed by atoms with E-state index in [1.807, 2.05) is 35.6 Å². The fraction of sp³-hybridized carbons (Fsp3) is 0.385. The van der Waals surface area contributed by atoms with Crippen LogP contribution in [0.2, 0.25) is 0 Å². The maximum absolute atomic E-state index is 11.4. The molecule has 3 amide bonds. The number of rotatable bonds is 5. The van der Waals surface area contributed by atoms with Gasteiger partial charge in [-0.15, -0.1) is 0 Å². The molecule has 0 heterocycles. The van der Waals surface area contributed by atoms with Crippen LogP contribution in [0.3, 0.4) is 0 Å². The first-order chi connectivity index (χ1) is 8.50. The van der Waals surface area contributed by atoms with Gasteiger partial charge < -0.3 is 11.1 Å². The van der Waals surface area contributed by atoms with Crippen molar-refractivity contribution in [3.8, 4) is 0 Å². The fourth-order valence-corrected chi connectivity index (χ4v) is 1.58. The predicted molar refractivity (Wildman–Crippen MR) is 70.0 cm³/mol. The number of benzene rings is 1. The number of imide groups is 1. The summed E-state index contributed by atoms with van der Waals surface area (Å²) >= 11 is 0. The van der Waals surface area contributed by atoms with Crippen molar-refractivity contribution >= 4 is 11.9 Å². The first kappa shape index (κ1) is 14.2. The van der Waals surface area contributed by atoms with Crippen molar-refractivity contribution in [1.82, 2.24) is 10.6 Å². The summed E-state index contributed by atoms with van der Waals surface area (Å²) in [7, 11) is 0. The molecule has 0 aromatic heterocycles. The molecule has 0 spiro atoms. The Balaban J connectivity index is 2.41. The normalized spacial score (nSPS) is 13.7. The van der Waals surface area contributed by atoms with Gasteiger partial charge in [-0.25, -0.2) is 4.79 Å². The molecule has 0 fully saturated rings. The second kappa shape index (κ2) is 6.76. The van der Waals surface area contributed by atoms with Crippen molar-refractivity contribution in [3.05, 3.63) is 35.9 Å². The number of carbonyl (C=O) groups is 2. The van der Waals surface area contributed by atoms with E-state index in [0.29, 0.717) is 6.54 Å². The monoisotopic (exact) mass is 249 g/mol. The maximum atomic E-state index is 11.4. The lowest BCUT2D eigenvalue weighted by atomic mass is 10.0. The van der Waals surface area contributed by atoms with E-state index in [1.165, 1.54) is 5.56 Å². The Morgan fingerprint density at radius 3 is 2.39 bits per heavy atom. The quantitative estimate of drug-likeness (QED) is 0.726. The molecule has 2 unspecified atom stereocenters. The van der Waals surface area contributed by atoms with E-state index in [4.69, 9.17) is 5.73 Å². The largest absolute Gasteiger partial charge is 0.351 e. The van der Waals surface area contributed by atoms with E-state index in [9.17, 15) is 9.59 Å². The minimum absolute atomic E-state index is 0.287. The van der Waals surface area contributed by atoms with Gasteiger partial charge in [0.1, 0.15) is 0 Å². The summed E-state index contributed by atoms with van der Waals surface area (Å²) in [6.07, 6.45) is 0. The molecule has 0 bridgehead atoms. The van der Waals surface area contributed by atoms with Gasteiger partial charge in [0.2, 0.25) is 5.91 Å². The number of amides is 3. The summed E-state index contributed by atoms with van der Waals surface area (Å²) in [6, 6.07) is 8.73. The van der Waals surface area contributed by atoms with Crippen molar-refractivity contribution in [2.45, 2.75) is 25.8 Å². The van der Waals surface area contributed by atoms with Crippen molar-refractivity contribution in [3.63, 3.8) is 0 Å². The summed E-state index contributed by atoms with van der Waals surface area (Å²) in [5, 5.41) is 5.11. The smallest absolute Gasteiger partial charge is 0.318 e. The highest BCUT2D eigenvalue weighted by Gasteiger charge is 2.15. The Bertz CT molecular complexity index is 406. The lowest BCUT2D eigenvalue weighted by Crippen LogP contribution is -2.47. The molecule has 1 rings (SSSR count). The Hall–Kier alpha value is -1.88. The van der Waals surface area contributed by atoms with Crippen molar-refractivity contribution in [1.29, 1.82) is 0 Å². The van der Waals surface area contributed by atoms with E-state index in [2.05, 4.69) is 12.2 Å². The molecule has 1 aromatic rings. The first-order valence-electron chi connectivity index (χ1n) is 5.89. The number of nitrogens with one attached hydrogen (secondary N) is 2. The second-order valence-electron chi connectivity index (χ2n) is 4.30. The number of carbonyl (C=O) groups excluding carboxylic acids is 2. The maximum Gasteiger partial charge on any atom is 0.318 e. The van der Waals surface area contributed by atoms with Crippen LogP contribution in [0.4, 0.5) is 4.79 Å². The van der Waals surface area contributed by atoms with Gasteiger partial charge in [-0.2, -0.15) is 0 Å². The highest BCUT2D eigenvalue weighted by Crippen LogP contribution is 2.13. The van der Waals surface area contributed by atoms with Crippen molar-refractivity contribution < 1.29 is 9.59 Å². The van der Waals surface area contributed by atoms with Crippen molar-refractivity contribution in [2.75, 3.05) is 6.54 Å². The van der Waals surface area contributed by atoms with Crippen LogP contribution < -0.4 is 16.4 Å². The number of hydrogen-bond donors (Lipinski definition) is 3. The van der Waals surface area contributed by atoms with Gasteiger partial charge in [0.05, 0.1) is 6.04 Å². The molecule has 4 N–H and O–H groups in total. The standard InChI is InChI=1S/C13H19N3O2/c1-9(11-6-4-3-5-7-11)8-15-10(2)12(17)16-13(14)18/h3-7,9-10,15H,8H2,1-2H3,(H3,14,16,17,18). The number of hydrogen-bond acceptors (Lipinski definition) is 3. The average Bonchev–Trinajstić information content (AvgIpc) is 2.35. The molecule has 0 aliphatic carbocycles. The Kier molecular flexibility index (Phi) is 5.32. The van der Waals surface area contributed by atoms with Gasteiger partial charge >= 0.3 is 6.03 Å². The van der Waals surface area contributed by atoms with Gasteiger partial charge in [-0.3, -0.25) is 10.1 Å². The van der Waals surface area contributed by atoms with Gasteiger partial charge in [-0.05, 0) is 18.4 Å². The molecule has 98 valence electrons. The molecule has 2 atom stereocenters. The Morgan fingerprint density at radius 1 is 1.22 bits per heavy atom. The minimum Gasteiger partial charge on any atom is -0.351 e. The predicted octanol–water partition coefficient (Wildman–Crippen LogP) is 0.963. The number of nitrogens with two attached hydrogens (primary N) is 1. The molecule has 0 saturated heterocycles. The Morgan fingerprint density at radius 2 is 1.83 bits per heavy atom. The van der Waals surface area contributed by atoms with Gasteiger partial charge in [0.25, 0.3) is 0 Å². The summed E-state index contributed by atoms with van der Waals surface area (Å²) in [4.78, 5) is 22.0. The van der Waals surface area contributed by atoms with Crippen molar-refractivity contribution in [2.24, 2.45) is 5.73 Å². The van der Waals surface area contributed by atoms with E-state index in [0.717, 1.165) is 0 Å². The zero-order chi connectivity index (χ0) is 13.5. The summed E-state index contributed by atoms with van der Waals surface area (Å²) in [5.74, 6) is -0.127. The van der Waals surface area contributed by atoms with Crippen LogP contribution in [0.15, 0.2) is 30.3 Å². The molecule has 1 aromatic carbocycles. The molecule has 0 aliphatic rings. The molecule has 0 saturated carbocycles. The van der Waals surface area contributed by atoms with E-state index < -0.39 is 18.0 Å². The molecule has 0 radical (unpaired) electrons. The number of primary amides is 1. The van der Waals surface area contributed by atoms with Crippen LogP contribution in [0.25, 0.3) is 0 Å². The highest BCUT2D eigenvalue weighted by atomic mass is 16.2. The third kappa shape index (κ3) is 4.55. The van der Waals surface area contributed by atoms with E-state index in [-0.39, 0.29) is 5.92 Å². The lowest BCUT2D eigenvalue weighted by molar-refractivity contribution is -0.121. The van der Waals surface area contributed by atoms with Crippen LogP contribution >= 0.6 is 0 Å². The molecular weight excluding hydrogens is 230 g/mol. The molecule has 18 heavy (non-hydrogen) atoms. The zero-order valence-corrected chi connectivity index (χ0v) is 10.6. The summed E-state index contributed by atoms with van der Waals surface area (Å²) in [5.41, 5.74) is 6.08. The molecule has 5 nitrogen and oxygen atoms in total. The molecular formula is C13H19N3O2. The highest BCUT2D eigenvalue weighted by molar-refractivity contribution is 5.96. The van der Waals surface area contributed by atoms with Crippen LogP contribution in [-0.4, -0.2) is 24.5 Å². The first-order valence-corrected chi connectivity index (χ1v) is 5.89.